The number of likely N-dealkylation sites (N-methyl/N-ethyl adjacent to an activating group) is 1. The Kier molecular flexibility index (Phi) is 58.9. The van der Waals surface area contributed by atoms with Crippen LogP contribution in [0.2, 0.25) is 0 Å². The van der Waals surface area contributed by atoms with Gasteiger partial charge in [0.05, 0.1) is 33.8 Å². The average molecular weight is 1140 g/mol. The monoisotopic (exact) mass is 1140 g/mol. The van der Waals surface area contributed by atoms with Gasteiger partial charge in [-0.05, 0) is 31.8 Å². The second-order valence-corrected chi connectivity index (χ2v) is 26.8. The first-order valence-corrected chi connectivity index (χ1v) is 36.5. The van der Waals surface area contributed by atoms with Gasteiger partial charge in [-0.25, -0.2) is 0 Å². The number of esters is 1. The highest BCUT2D eigenvalue weighted by Gasteiger charge is 2.27. The van der Waals surface area contributed by atoms with Crippen LogP contribution in [-0.2, 0) is 27.9 Å². The van der Waals surface area contributed by atoms with Crippen molar-refractivity contribution in [2.75, 3.05) is 40.9 Å². The highest BCUT2D eigenvalue weighted by molar-refractivity contribution is 7.45. The van der Waals surface area contributed by atoms with Crippen LogP contribution in [0.3, 0.4) is 0 Å². The molecular formula is C69H137N2O7P. The predicted molar refractivity (Wildman–Crippen MR) is 340 cm³/mol. The summed E-state index contributed by atoms with van der Waals surface area (Å²) in [5, 5.41) is 3.05. The van der Waals surface area contributed by atoms with Gasteiger partial charge in [-0.15, -0.1) is 0 Å². The summed E-state index contributed by atoms with van der Waals surface area (Å²) in [7, 11) is 1.21. The number of hydrogen-bond acceptors (Lipinski definition) is 7. The first-order chi connectivity index (χ1) is 38.4. The maximum Gasteiger partial charge on any atom is 0.306 e. The molecule has 79 heavy (non-hydrogen) atoms. The smallest absolute Gasteiger partial charge is 0.306 e. The van der Waals surface area contributed by atoms with Crippen LogP contribution in [0.15, 0.2) is 12.2 Å². The van der Waals surface area contributed by atoms with Gasteiger partial charge in [0.15, 0.2) is 0 Å². The van der Waals surface area contributed by atoms with Crippen LogP contribution in [0.1, 0.15) is 367 Å². The summed E-state index contributed by atoms with van der Waals surface area (Å²) in [5.74, 6) is -0.515. The largest absolute Gasteiger partial charge is 0.756 e. The Morgan fingerprint density at radius 1 is 0.430 bits per heavy atom. The van der Waals surface area contributed by atoms with Crippen LogP contribution in [-0.4, -0.2) is 69.4 Å². The second kappa shape index (κ2) is 59.9. The summed E-state index contributed by atoms with van der Waals surface area (Å²) in [6, 6.07) is -0.880. The molecule has 1 N–H and O–H groups in total. The number of ether oxygens (including phenoxy) is 1. The number of hydrogen-bond donors (Lipinski definition) is 1. The van der Waals surface area contributed by atoms with Crippen molar-refractivity contribution >= 4 is 19.7 Å². The molecule has 0 aliphatic heterocycles. The normalized spacial score (nSPS) is 13.6. The zero-order valence-corrected chi connectivity index (χ0v) is 54.8. The average Bonchev–Trinajstić information content (AvgIpc) is 3.42. The van der Waals surface area contributed by atoms with Crippen molar-refractivity contribution in [1.29, 1.82) is 0 Å². The predicted octanol–water partition coefficient (Wildman–Crippen LogP) is 21.3. The number of phosphoric acid groups is 1. The van der Waals surface area contributed by atoms with E-state index in [4.69, 9.17) is 13.8 Å². The molecule has 3 atom stereocenters. The van der Waals surface area contributed by atoms with E-state index >= 15 is 0 Å². The molecule has 10 heteroatoms. The summed E-state index contributed by atoms with van der Waals surface area (Å²) < 4.78 is 30.4. The standard InChI is InChI=1S/C69H137N2O7P/c1-7-10-13-16-19-22-25-27-29-31-32-33-34-35-36-37-38-40-41-43-46-49-52-55-58-61-68(72)70-66(65-77-79(74,75)76-64-63-71(4,5)6)67(60-57-54-51-48-45-24-21-18-15-12-9-3)78-69(73)62-59-56-53-50-47-44-42-39-30-28-26-23-20-17-14-11-8-2/h57,60,66-67H,7-56,58-59,61-65H2,1-6H3,(H-,70,72,74,75)/b60-57-. The van der Waals surface area contributed by atoms with Crippen LogP contribution in [0, 0.1) is 0 Å². The number of nitrogens with one attached hydrogen (secondary N) is 1. The maximum absolute atomic E-state index is 13.6. The van der Waals surface area contributed by atoms with Crippen molar-refractivity contribution < 1.29 is 37.3 Å². The third kappa shape index (κ3) is 61.1. The molecule has 0 radical (unpaired) electrons. The van der Waals surface area contributed by atoms with Crippen molar-refractivity contribution in [2.45, 2.75) is 380 Å². The fourth-order valence-corrected chi connectivity index (χ4v) is 11.5. The van der Waals surface area contributed by atoms with Crippen LogP contribution in [0.25, 0.3) is 0 Å². The first-order valence-electron chi connectivity index (χ1n) is 35.0. The maximum atomic E-state index is 13.6. The van der Waals surface area contributed by atoms with Crippen LogP contribution in [0.4, 0.5) is 0 Å². The number of nitrogens with zero attached hydrogens (tertiary/aromatic N) is 1. The van der Waals surface area contributed by atoms with E-state index in [1.807, 2.05) is 33.3 Å². The number of phosphoric ester groups is 1. The molecule has 0 heterocycles. The Balaban J connectivity index is 4.96. The van der Waals surface area contributed by atoms with E-state index in [0.29, 0.717) is 17.4 Å². The van der Waals surface area contributed by atoms with E-state index < -0.39 is 20.0 Å². The Labute approximate surface area is 492 Å². The third-order valence-corrected chi connectivity index (χ3v) is 17.2. The van der Waals surface area contributed by atoms with E-state index in [0.717, 1.165) is 57.8 Å². The van der Waals surface area contributed by atoms with Crippen LogP contribution >= 0.6 is 7.82 Å². The third-order valence-electron chi connectivity index (χ3n) is 16.2. The van der Waals surface area contributed by atoms with E-state index in [2.05, 4.69) is 26.1 Å². The lowest BCUT2D eigenvalue weighted by molar-refractivity contribution is -0.870. The molecule has 0 spiro atoms. The Hall–Kier alpha value is -1.25. The van der Waals surface area contributed by atoms with Gasteiger partial charge < -0.3 is 28.5 Å². The molecule has 0 bridgehead atoms. The molecule has 0 aliphatic rings. The molecule has 9 nitrogen and oxygen atoms in total. The van der Waals surface area contributed by atoms with Gasteiger partial charge >= 0.3 is 5.97 Å². The molecular weight excluding hydrogens is 1000 g/mol. The molecule has 3 unspecified atom stereocenters. The van der Waals surface area contributed by atoms with Crippen molar-refractivity contribution in [3.05, 3.63) is 12.2 Å². The number of unbranched alkanes of at least 4 members (excludes halogenated alkanes) is 49. The SMILES string of the molecule is CCCCCCCCCCC/C=C\C(OC(=O)CCCCCCCCCCCCCCCCCCC)C(COP(=O)([O-])OCC[N+](C)(C)C)NC(=O)CCCCCCCCCCCCCCCCCCCCCCCCCCC. The van der Waals surface area contributed by atoms with E-state index in [9.17, 15) is 19.0 Å². The van der Waals surface area contributed by atoms with Gasteiger partial charge in [0.2, 0.25) is 5.91 Å². The molecule has 0 rings (SSSR count). The minimum atomic E-state index is -4.69. The molecule has 0 aromatic rings. The topological polar surface area (TPSA) is 114 Å². The molecule has 0 aliphatic carbocycles. The van der Waals surface area contributed by atoms with Crippen molar-refractivity contribution in [3.8, 4) is 0 Å². The zero-order valence-electron chi connectivity index (χ0n) is 53.9. The molecule has 0 fully saturated rings. The Morgan fingerprint density at radius 2 is 0.722 bits per heavy atom. The molecule has 0 aromatic carbocycles. The second-order valence-electron chi connectivity index (χ2n) is 25.4. The van der Waals surface area contributed by atoms with Crippen LogP contribution < -0.4 is 10.2 Å². The summed E-state index contributed by atoms with van der Waals surface area (Å²) in [5.41, 5.74) is 0. The van der Waals surface area contributed by atoms with E-state index in [-0.39, 0.29) is 31.5 Å². The summed E-state index contributed by atoms with van der Waals surface area (Å²) in [6.45, 7) is 6.91. The number of quaternary nitrogens is 1. The van der Waals surface area contributed by atoms with Gasteiger partial charge in [0.25, 0.3) is 7.82 Å². The quantitative estimate of drug-likeness (QED) is 0.0212. The highest BCUT2D eigenvalue weighted by Crippen LogP contribution is 2.38. The highest BCUT2D eigenvalue weighted by atomic mass is 31.2. The Morgan fingerprint density at radius 3 is 1.04 bits per heavy atom. The lowest BCUT2D eigenvalue weighted by Gasteiger charge is -2.30. The molecule has 1 amide bonds. The van der Waals surface area contributed by atoms with E-state index in [1.54, 1.807) is 0 Å². The van der Waals surface area contributed by atoms with Crippen molar-refractivity contribution in [3.63, 3.8) is 0 Å². The van der Waals surface area contributed by atoms with Crippen molar-refractivity contribution in [2.24, 2.45) is 0 Å². The van der Waals surface area contributed by atoms with E-state index in [1.165, 1.54) is 276 Å². The Bertz CT molecular complexity index is 1360. The molecule has 0 saturated heterocycles. The fraction of sp³-hybridized carbons (Fsp3) is 0.942. The summed E-state index contributed by atoms with van der Waals surface area (Å²) >= 11 is 0. The minimum Gasteiger partial charge on any atom is -0.756 e. The van der Waals surface area contributed by atoms with Gasteiger partial charge in [-0.1, -0.05) is 335 Å². The number of amides is 1. The fourth-order valence-electron chi connectivity index (χ4n) is 10.8. The van der Waals surface area contributed by atoms with Crippen LogP contribution in [0.5, 0.6) is 0 Å². The first kappa shape index (κ1) is 77.8. The van der Waals surface area contributed by atoms with Gasteiger partial charge in [0, 0.05) is 12.8 Å². The number of carbonyl (C=O) groups is 2. The molecule has 0 saturated carbocycles. The summed E-state index contributed by atoms with van der Waals surface area (Å²) in [4.78, 5) is 40.1. The lowest BCUT2D eigenvalue weighted by Crippen LogP contribution is -2.47. The number of allylic oxidation sites excluding steroid dienone is 1. The molecule has 470 valence electrons. The number of carbonyl (C=O) groups excluding carboxylic acids is 2. The molecule has 0 aromatic heterocycles. The van der Waals surface area contributed by atoms with Gasteiger partial charge in [0.1, 0.15) is 19.3 Å². The summed E-state index contributed by atoms with van der Waals surface area (Å²) in [6.07, 6.45) is 70.5. The zero-order chi connectivity index (χ0) is 57.9. The number of rotatable bonds is 65. The van der Waals surface area contributed by atoms with Gasteiger partial charge in [-0.2, -0.15) is 0 Å². The minimum absolute atomic E-state index is 0.0166. The van der Waals surface area contributed by atoms with Gasteiger partial charge in [-0.3, -0.25) is 14.2 Å². The van der Waals surface area contributed by atoms with Crippen molar-refractivity contribution in [1.82, 2.24) is 5.32 Å². The lowest BCUT2D eigenvalue weighted by atomic mass is 10.0.